The van der Waals surface area contributed by atoms with Gasteiger partial charge < -0.3 is 29.5 Å². The fourth-order valence-electron chi connectivity index (χ4n) is 8.56. The maximum absolute atomic E-state index is 14.3. The van der Waals surface area contributed by atoms with E-state index >= 15 is 0 Å². The molecule has 0 aliphatic carbocycles. The van der Waals surface area contributed by atoms with E-state index in [4.69, 9.17) is 9.47 Å². The van der Waals surface area contributed by atoms with E-state index in [0.29, 0.717) is 44.9 Å². The number of aliphatic hydroxyl groups excluding tert-OH is 2. The van der Waals surface area contributed by atoms with Crippen molar-refractivity contribution < 1.29 is 34.1 Å². The lowest BCUT2D eigenvalue weighted by Crippen LogP contribution is -2.26. The van der Waals surface area contributed by atoms with Gasteiger partial charge in [0.05, 0.1) is 27.4 Å². The molecule has 8 rings (SSSR count). The maximum Gasteiger partial charge on any atom is 0.193 e. The molecule has 6 aromatic carbocycles. The number of Topliss-reactive ketones (excluding diaryl/α,β-unsaturated/α-hetero) is 2. The van der Waals surface area contributed by atoms with Crippen molar-refractivity contribution in [3.8, 4) is 11.5 Å². The van der Waals surface area contributed by atoms with Crippen molar-refractivity contribution in [2.75, 3.05) is 40.5 Å². The second kappa shape index (κ2) is 19.6. The van der Waals surface area contributed by atoms with Gasteiger partial charge in [-0.25, -0.2) is 0 Å². The Morgan fingerprint density at radius 1 is 0.438 bits per heavy atom. The molecule has 0 saturated carbocycles. The molecule has 9 nitrogen and oxygen atoms in total. The summed E-state index contributed by atoms with van der Waals surface area (Å²) < 4.78 is 11.6. The largest absolute Gasteiger partial charge is 0.496 e. The Hall–Kier alpha value is -7.59. The van der Waals surface area contributed by atoms with E-state index in [-0.39, 0.29) is 43.7 Å². The third-order valence-electron chi connectivity index (χ3n) is 11.6. The van der Waals surface area contributed by atoms with E-state index in [9.17, 15) is 24.6 Å². The summed E-state index contributed by atoms with van der Waals surface area (Å²) in [6, 6.07) is 48.3. The zero-order chi connectivity index (χ0) is 44.6. The summed E-state index contributed by atoms with van der Waals surface area (Å²) in [5.74, 6) is -0.249. The number of carbonyl (C=O) groups excluding carboxylic acids is 3. The van der Waals surface area contributed by atoms with Gasteiger partial charge in [-0.2, -0.15) is 0 Å². The molecule has 2 unspecified atom stereocenters. The van der Waals surface area contributed by atoms with Gasteiger partial charge in [-0.1, -0.05) is 146 Å². The summed E-state index contributed by atoms with van der Waals surface area (Å²) in [5.41, 5.74) is 7.90. The third-order valence-corrected chi connectivity index (χ3v) is 11.6. The predicted molar refractivity (Wildman–Crippen MR) is 249 cm³/mol. The molecule has 0 saturated heterocycles. The van der Waals surface area contributed by atoms with Crippen LogP contribution < -0.4 is 9.47 Å². The fraction of sp³-hybridized carbons (Fsp3) is 0.145. The van der Waals surface area contributed by atoms with E-state index in [0.717, 1.165) is 33.4 Å². The van der Waals surface area contributed by atoms with Crippen LogP contribution >= 0.6 is 0 Å². The first-order valence-electron chi connectivity index (χ1n) is 21.1. The summed E-state index contributed by atoms with van der Waals surface area (Å²) in [4.78, 5) is 46.4. The number of carbonyl (C=O) groups is 3. The standard InChI is InChI=1S/C55H48N2O7/c1-63-49-19-11-9-17-43(49)51-45(33-56(29-31-58)35-47(51)54(61)39-13-5-3-6-14-39)37-21-25-41(26-22-37)53(60)42-27-23-38(24-28-42)46-34-57(30-32-59)36-48(55(62)40-15-7-4-8-16-40)52(46)44-18-10-12-20-50(44)64-2/h3-28,33-36,51-52,58-59H,29-32H2,1-2H3. The molecule has 2 heterocycles. The number of hydrogen-bond donors (Lipinski definition) is 2. The van der Waals surface area contributed by atoms with Crippen LogP contribution in [0.3, 0.4) is 0 Å². The molecular formula is C55H48N2O7. The first-order valence-corrected chi connectivity index (χ1v) is 21.1. The van der Waals surface area contributed by atoms with Crippen LogP contribution in [0.25, 0.3) is 11.1 Å². The van der Waals surface area contributed by atoms with Crippen LogP contribution in [0.2, 0.25) is 0 Å². The van der Waals surface area contributed by atoms with E-state index in [1.165, 1.54) is 0 Å². The van der Waals surface area contributed by atoms with Gasteiger partial charge in [0.25, 0.3) is 0 Å². The molecule has 0 radical (unpaired) electrons. The van der Waals surface area contributed by atoms with Crippen LogP contribution in [-0.2, 0) is 0 Å². The Labute approximate surface area is 373 Å². The molecule has 320 valence electrons. The number of nitrogens with zero attached hydrogens (tertiary/aromatic N) is 2. The molecule has 2 atom stereocenters. The van der Waals surface area contributed by atoms with E-state index in [1.807, 2.05) is 131 Å². The first kappa shape index (κ1) is 43.1. The molecule has 9 heteroatoms. The SMILES string of the molecule is COc1ccccc1C1C(C(=O)c2ccccc2)=CN(CCO)C=C1c1ccc(C(=O)c2ccc(C3=CN(CCO)C=C(C(=O)c4ccccc4)C3c3ccccc3OC)cc2)cc1. The Balaban J connectivity index is 1.13. The summed E-state index contributed by atoms with van der Waals surface area (Å²) in [7, 11) is 3.22. The lowest BCUT2D eigenvalue weighted by atomic mass is 9.77. The Bertz CT molecular complexity index is 2580. The van der Waals surface area contributed by atoms with Crippen LogP contribution in [-0.4, -0.2) is 77.9 Å². The Morgan fingerprint density at radius 3 is 1.14 bits per heavy atom. The molecule has 6 aromatic rings. The number of aliphatic hydroxyl groups is 2. The first-order chi connectivity index (χ1) is 31.3. The Kier molecular flexibility index (Phi) is 13.2. The van der Waals surface area contributed by atoms with Crippen molar-refractivity contribution in [2.24, 2.45) is 0 Å². The minimum absolute atomic E-state index is 0.123. The smallest absolute Gasteiger partial charge is 0.193 e. The van der Waals surface area contributed by atoms with Gasteiger partial charge in [0.2, 0.25) is 0 Å². The number of para-hydroxylation sites is 2. The average Bonchev–Trinajstić information content (AvgIpc) is 3.36. The Morgan fingerprint density at radius 2 is 0.781 bits per heavy atom. The third kappa shape index (κ3) is 8.85. The molecule has 2 N–H and O–H groups in total. The highest BCUT2D eigenvalue weighted by Crippen LogP contribution is 2.47. The van der Waals surface area contributed by atoms with Crippen molar-refractivity contribution in [1.29, 1.82) is 0 Å². The van der Waals surface area contributed by atoms with Gasteiger partial charge in [-0.15, -0.1) is 0 Å². The number of rotatable bonds is 16. The number of hydrogen-bond acceptors (Lipinski definition) is 9. The summed E-state index contributed by atoms with van der Waals surface area (Å²) in [5, 5.41) is 20.0. The van der Waals surface area contributed by atoms with Crippen molar-refractivity contribution in [3.05, 3.63) is 238 Å². The number of allylic oxidation sites excluding steroid dienone is 4. The second-order valence-electron chi connectivity index (χ2n) is 15.5. The number of ether oxygens (including phenoxy) is 2. The average molecular weight is 849 g/mol. The molecule has 0 amide bonds. The van der Waals surface area contributed by atoms with Crippen LogP contribution in [0.15, 0.2) is 194 Å². The van der Waals surface area contributed by atoms with Gasteiger partial charge >= 0.3 is 0 Å². The van der Waals surface area contributed by atoms with Gasteiger partial charge in [0.1, 0.15) is 11.5 Å². The summed E-state index contributed by atoms with van der Waals surface area (Å²) in [6.07, 6.45) is 7.49. The second-order valence-corrected chi connectivity index (χ2v) is 15.5. The van der Waals surface area contributed by atoms with Gasteiger partial charge in [-0.3, -0.25) is 14.4 Å². The van der Waals surface area contributed by atoms with Crippen LogP contribution in [0, 0.1) is 0 Å². The minimum Gasteiger partial charge on any atom is -0.496 e. The highest BCUT2D eigenvalue weighted by Gasteiger charge is 2.35. The van der Waals surface area contributed by atoms with Gasteiger partial charge in [-0.05, 0) is 34.4 Å². The molecule has 0 aromatic heterocycles. The quantitative estimate of drug-likeness (QED) is 0.0920. The molecule has 0 spiro atoms. The van der Waals surface area contributed by atoms with E-state index in [2.05, 4.69) is 0 Å². The zero-order valence-corrected chi connectivity index (χ0v) is 35.6. The monoisotopic (exact) mass is 848 g/mol. The molecule has 0 bridgehead atoms. The summed E-state index contributed by atoms with van der Waals surface area (Å²) in [6.45, 7) is 0.303. The van der Waals surface area contributed by atoms with Crippen molar-refractivity contribution in [2.45, 2.75) is 11.8 Å². The van der Waals surface area contributed by atoms with Crippen LogP contribution in [0.1, 0.15) is 70.7 Å². The van der Waals surface area contributed by atoms with Crippen molar-refractivity contribution >= 4 is 28.5 Å². The molecule has 0 fully saturated rings. The van der Waals surface area contributed by atoms with Crippen LogP contribution in [0.5, 0.6) is 11.5 Å². The number of methoxy groups -OCH3 is 2. The van der Waals surface area contributed by atoms with E-state index in [1.54, 1.807) is 75.2 Å². The molecular weight excluding hydrogens is 801 g/mol. The predicted octanol–water partition coefficient (Wildman–Crippen LogP) is 9.33. The minimum atomic E-state index is -0.520. The normalized spacial score (nSPS) is 15.9. The lowest BCUT2D eigenvalue weighted by Gasteiger charge is -2.32. The van der Waals surface area contributed by atoms with Gasteiger partial charge in [0.15, 0.2) is 17.3 Å². The zero-order valence-electron chi connectivity index (χ0n) is 35.6. The summed E-state index contributed by atoms with van der Waals surface area (Å²) >= 11 is 0. The highest BCUT2D eigenvalue weighted by atomic mass is 16.5. The van der Waals surface area contributed by atoms with E-state index < -0.39 is 11.8 Å². The number of β-amino-alcohol motifs (C(OH)–C–C–N with tert-alkyl or cyclic N) is 2. The topological polar surface area (TPSA) is 117 Å². The highest BCUT2D eigenvalue weighted by molar-refractivity contribution is 6.13. The van der Waals surface area contributed by atoms with Gasteiger partial charge in [0, 0.05) is 94.3 Å². The maximum atomic E-state index is 14.3. The lowest BCUT2D eigenvalue weighted by molar-refractivity contribution is 0.101. The fourth-order valence-corrected chi connectivity index (χ4v) is 8.56. The van der Waals surface area contributed by atoms with Crippen molar-refractivity contribution in [3.63, 3.8) is 0 Å². The number of ketones is 3. The molecule has 64 heavy (non-hydrogen) atoms. The molecule has 2 aliphatic rings. The van der Waals surface area contributed by atoms with Crippen molar-refractivity contribution in [1.82, 2.24) is 9.80 Å². The van der Waals surface area contributed by atoms with Crippen LogP contribution in [0.4, 0.5) is 0 Å². The number of benzene rings is 6. The molecule has 2 aliphatic heterocycles.